The first-order valence-electron chi connectivity index (χ1n) is 3.90. The standard InChI is InChI=1S/C8H8Cl2N2O2/c1-3-4-5(9)11-7(8(13)14-2)12-6(4)10/h3H2,1-2H3. The Morgan fingerprint density at radius 3 is 2.21 bits per heavy atom. The summed E-state index contributed by atoms with van der Waals surface area (Å²) < 4.78 is 4.44. The molecule has 0 aliphatic rings. The van der Waals surface area contributed by atoms with Crippen molar-refractivity contribution >= 4 is 29.2 Å². The Morgan fingerprint density at radius 1 is 1.36 bits per heavy atom. The summed E-state index contributed by atoms with van der Waals surface area (Å²) in [6.07, 6.45) is 0.610. The number of methoxy groups -OCH3 is 1. The van der Waals surface area contributed by atoms with Gasteiger partial charge in [0.25, 0.3) is 0 Å². The molecule has 76 valence electrons. The zero-order valence-electron chi connectivity index (χ0n) is 7.67. The normalized spacial score (nSPS) is 10.0. The summed E-state index contributed by atoms with van der Waals surface area (Å²) in [6.45, 7) is 1.87. The van der Waals surface area contributed by atoms with Crippen LogP contribution in [0.2, 0.25) is 10.3 Å². The number of aromatic nitrogens is 2. The summed E-state index contributed by atoms with van der Waals surface area (Å²) >= 11 is 11.6. The van der Waals surface area contributed by atoms with Gasteiger partial charge in [-0.15, -0.1) is 0 Å². The molecular weight excluding hydrogens is 227 g/mol. The first-order chi connectivity index (χ1) is 6.60. The molecular formula is C8H8Cl2N2O2. The number of halogens is 2. The van der Waals surface area contributed by atoms with Gasteiger partial charge in [-0.1, -0.05) is 30.1 Å². The zero-order valence-corrected chi connectivity index (χ0v) is 9.19. The van der Waals surface area contributed by atoms with Crippen molar-refractivity contribution in [3.05, 3.63) is 21.7 Å². The van der Waals surface area contributed by atoms with Crippen LogP contribution in [-0.2, 0) is 11.2 Å². The van der Waals surface area contributed by atoms with Gasteiger partial charge in [0, 0.05) is 5.56 Å². The largest absolute Gasteiger partial charge is 0.463 e. The van der Waals surface area contributed by atoms with E-state index in [0.29, 0.717) is 12.0 Å². The number of rotatable bonds is 2. The van der Waals surface area contributed by atoms with E-state index in [-0.39, 0.29) is 16.1 Å². The maximum absolute atomic E-state index is 11.1. The molecule has 0 saturated carbocycles. The maximum atomic E-state index is 11.1. The Labute approximate surface area is 91.2 Å². The predicted octanol–water partition coefficient (Wildman–Crippen LogP) is 2.13. The summed E-state index contributed by atoms with van der Waals surface area (Å²) in [5.41, 5.74) is 0.626. The van der Waals surface area contributed by atoms with E-state index in [9.17, 15) is 4.79 Å². The van der Waals surface area contributed by atoms with Crippen LogP contribution < -0.4 is 0 Å². The maximum Gasteiger partial charge on any atom is 0.376 e. The van der Waals surface area contributed by atoms with E-state index < -0.39 is 5.97 Å². The second-order valence-electron chi connectivity index (χ2n) is 2.45. The molecule has 0 aliphatic carbocycles. The molecule has 1 aromatic heterocycles. The van der Waals surface area contributed by atoms with Gasteiger partial charge >= 0.3 is 5.97 Å². The Hall–Kier alpha value is -0.870. The average molecular weight is 235 g/mol. The molecule has 0 saturated heterocycles. The molecule has 0 aromatic carbocycles. The van der Waals surface area contributed by atoms with Gasteiger partial charge in [0.15, 0.2) is 0 Å². The molecule has 0 N–H and O–H groups in total. The van der Waals surface area contributed by atoms with E-state index in [1.807, 2.05) is 6.92 Å². The quantitative estimate of drug-likeness (QED) is 0.582. The van der Waals surface area contributed by atoms with Gasteiger partial charge in [0.05, 0.1) is 7.11 Å². The Bertz CT molecular complexity index is 345. The van der Waals surface area contributed by atoms with Gasteiger partial charge < -0.3 is 4.74 Å². The number of ether oxygens (including phenoxy) is 1. The fourth-order valence-electron chi connectivity index (χ4n) is 0.905. The molecule has 0 radical (unpaired) electrons. The van der Waals surface area contributed by atoms with Crippen LogP contribution in [-0.4, -0.2) is 23.0 Å². The molecule has 0 unspecified atom stereocenters. The number of esters is 1. The topological polar surface area (TPSA) is 52.1 Å². The summed E-state index contributed by atoms with van der Waals surface area (Å²) in [5, 5.41) is 0.376. The Morgan fingerprint density at radius 2 is 1.86 bits per heavy atom. The number of nitrogens with zero attached hydrogens (tertiary/aromatic N) is 2. The molecule has 6 heteroatoms. The highest BCUT2D eigenvalue weighted by Gasteiger charge is 2.15. The van der Waals surface area contributed by atoms with Gasteiger partial charge in [-0.3, -0.25) is 0 Å². The van der Waals surface area contributed by atoms with Crippen LogP contribution in [0.4, 0.5) is 0 Å². The van der Waals surface area contributed by atoms with E-state index >= 15 is 0 Å². The lowest BCUT2D eigenvalue weighted by atomic mass is 10.3. The smallest absolute Gasteiger partial charge is 0.376 e. The van der Waals surface area contributed by atoms with Crippen LogP contribution in [0.3, 0.4) is 0 Å². The van der Waals surface area contributed by atoms with Crippen molar-refractivity contribution in [1.82, 2.24) is 9.97 Å². The van der Waals surface area contributed by atoms with Gasteiger partial charge in [-0.05, 0) is 6.42 Å². The van der Waals surface area contributed by atoms with Crippen molar-refractivity contribution < 1.29 is 9.53 Å². The van der Waals surface area contributed by atoms with Gasteiger partial charge in [-0.2, -0.15) is 0 Å². The molecule has 1 aromatic rings. The lowest BCUT2D eigenvalue weighted by Gasteiger charge is -2.04. The van der Waals surface area contributed by atoms with Crippen molar-refractivity contribution in [1.29, 1.82) is 0 Å². The van der Waals surface area contributed by atoms with E-state index in [4.69, 9.17) is 23.2 Å². The van der Waals surface area contributed by atoms with Crippen LogP contribution in [0.15, 0.2) is 0 Å². The highest BCUT2D eigenvalue weighted by atomic mass is 35.5. The lowest BCUT2D eigenvalue weighted by molar-refractivity contribution is 0.0586. The molecule has 0 atom stereocenters. The molecule has 1 heterocycles. The fraction of sp³-hybridized carbons (Fsp3) is 0.375. The summed E-state index contributed by atoms with van der Waals surface area (Å²) in [5.74, 6) is -0.781. The SMILES string of the molecule is CCc1c(Cl)nc(C(=O)OC)nc1Cl. The van der Waals surface area contributed by atoms with Crippen molar-refractivity contribution in [3.63, 3.8) is 0 Å². The molecule has 0 amide bonds. The van der Waals surface area contributed by atoms with Gasteiger partial charge in [-0.25, -0.2) is 14.8 Å². The first kappa shape index (κ1) is 11.2. The number of carbonyl (C=O) groups is 1. The number of hydrogen-bond donors (Lipinski definition) is 0. The van der Waals surface area contributed by atoms with Crippen LogP contribution in [0, 0.1) is 0 Å². The third-order valence-electron chi connectivity index (χ3n) is 1.63. The van der Waals surface area contributed by atoms with Crippen LogP contribution in [0.5, 0.6) is 0 Å². The molecule has 0 bridgehead atoms. The van der Waals surface area contributed by atoms with E-state index in [1.54, 1.807) is 0 Å². The van der Waals surface area contributed by atoms with Gasteiger partial charge in [0.1, 0.15) is 10.3 Å². The Kier molecular flexibility index (Phi) is 3.66. The minimum Gasteiger partial charge on any atom is -0.463 e. The third kappa shape index (κ3) is 2.13. The van der Waals surface area contributed by atoms with E-state index in [2.05, 4.69) is 14.7 Å². The highest BCUT2D eigenvalue weighted by molar-refractivity contribution is 6.34. The fourth-order valence-corrected chi connectivity index (χ4v) is 1.56. The van der Waals surface area contributed by atoms with Crippen molar-refractivity contribution in [2.45, 2.75) is 13.3 Å². The minimum atomic E-state index is -0.656. The first-order valence-corrected chi connectivity index (χ1v) is 4.66. The van der Waals surface area contributed by atoms with Crippen molar-refractivity contribution in [2.75, 3.05) is 7.11 Å². The zero-order chi connectivity index (χ0) is 10.7. The second-order valence-corrected chi connectivity index (χ2v) is 3.17. The number of carbonyl (C=O) groups excluding carboxylic acids is 1. The summed E-state index contributed by atoms with van der Waals surface area (Å²) in [6, 6.07) is 0. The van der Waals surface area contributed by atoms with Crippen LogP contribution >= 0.6 is 23.2 Å². The highest BCUT2D eigenvalue weighted by Crippen LogP contribution is 2.21. The Balaban J connectivity index is 3.20. The third-order valence-corrected chi connectivity index (χ3v) is 2.25. The summed E-state index contributed by atoms with van der Waals surface area (Å²) in [4.78, 5) is 18.6. The van der Waals surface area contributed by atoms with E-state index in [0.717, 1.165) is 0 Å². The molecule has 4 nitrogen and oxygen atoms in total. The predicted molar refractivity (Wildman–Crippen MR) is 52.8 cm³/mol. The van der Waals surface area contributed by atoms with Crippen LogP contribution in [0.25, 0.3) is 0 Å². The average Bonchev–Trinajstić information content (AvgIpc) is 2.16. The lowest BCUT2D eigenvalue weighted by Crippen LogP contribution is -2.09. The second kappa shape index (κ2) is 4.57. The summed E-state index contributed by atoms with van der Waals surface area (Å²) in [7, 11) is 1.24. The van der Waals surface area contributed by atoms with Crippen LogP contribution in [0.1, 0.15) is 23.1 Å². The minimum absolute atomic E-state index is 0.125. The molecule has 0 spiro atoms. The molecule has 0 fully saturated rings. The van der Waals surface area contributed by atoms with E-state index in [1.165, 1.54) is 7.11 Å². The molecule has 1 rings (SSSR count). The number of hydrogen-bond acceptors (Lipinski definition) is 4. The monoisotopic (exact) mass is 234 g/mol. The van der Waals surface area contributed by atoms with Crippen molar-refractivity contribution in [2.24, 2.45) is 0 Å². The molecule has 14 heavy (non-hydrogen) atoms. The molecule has 0 aliphatic heterocycles. The van der Waals surface area contributed by atoms with Crippen molar-refractivity contribution in [3.8, 4) is 0 Å². The van der Waals surface area contributed by atoms with Gasteiger partial charge in [0.2, 0.25) is 5.82 Å².